The molecular formula is C13H16O5. The van der Waals surface area contributed by atoms with E-state index in [0.717, 1.165) is 5.56 Å². The van der Waals surface area contributed by atoms with Crippen LogP contribution in [0.1, 0.15) is 5.56 Å². The van der Waals surface area contributed by atoms with E-state index < -0.39 is 5.97 Å². The maximum atomic E-state index is 10.9. The van der Waals surface area contributed by atoms with E-state index in [0.29, 0.717) is 0 Å². The standard InChI is InChI=1S/C13H16O5/c1-16-9-11(12(17-2)13(14)15)18-8-10-6-4-3-5-7-10/h3-7H,8-9H2,1-2H3,(H,14,15)/b12-11+. The minimum Gasteiger partial charge on any atom is -0.487 e. The summed E-state index contributed by atoms with van der Waals surface area (Å²) in [5.41, 5.74) is 0.937. The number of aliphatic carboxylic acids is 1. The fourth-order valence-electron chi connectivity index (χ4n) is 1.37. The van der Waals surface area contributed by atoms with Gasteiger partial charge in [-0.25, -0.2) is 4.79 Å². The van der Waals surface area contributed by atoms with Gasteiger partial charge in [0.05, 0.1) is 7.11 Å². The first-order valence-corrected chi connectivity index (χ1v) is 5.35. The van der Waals surface area contributed by atoms with Crippen LogP contribution in [-0.4, -0.2) is 31.9 Å². The Morgan fingerprint density at radius 3 is 2.39 bits per heavy atom. The van der Waals surface area contributed by atoms with Gasteiger partial charge in [-0.15, -0.1) is 0 Å². The molecule has 1 rings (SSSR count). The maximum absolute atomic E-state index is 10.9. The van der Waals surface area contributed by atoms with Gasteiger partial charge in [0, 0.05) is 7.11 Å². The third kappa shape index (κ3) is 4.10. The number of hydrogen-bond acceptors (Lipinski definition) is 4. The van der Waals surface area contributed by atoms with Crippen LogP contribution in [0.4, 0.5) is 0 Å². The van der Waals surface area contributed by atoms with E-state index in [2.05, 4.69) is 0 Å². The van der Waals surface area contributed by atoms with Crippen LogP contribution in [0.25, 0.3) is 0 Å². The summed E-state index contributed by atoms with van der Waals surface area (Å²) in [6, 6.07) is 9.43. The first-order valence-electron chi connectivity index (χ1n) is 5.35. The minimum absolute atomic E-state index is 0.0440. The van der Waals surface area contributed by atoms with Crippen LogP contribution >= 0.6 is 0 Å². The molecule has 1 N–H and O–H groups in total. The molecule has 0 saturated carbocycles. The number of methoxy groups -OCH3 is 2. The molecule has 1 aromatic rings. The highest BCUT2D eigenvalue weighted by atomic mass is 16.5. The van der Waals surface area contributed by atoms with Crippen molar-refractivity contribution in [1.29, 1.82) is 0 Å². The summed E-state index contributed by atoms with van der Waals surface area (Å²) in [7, 11) is 2.74. The molecule has 0 unspecified atom stereocenters. The number of hydrogen-bond donors (Lipinski definition) is 1. The Hall–Kier alpha value is -2.01. The lowest BCUT2D eigenvalue weighted by molar-refractivity contribution is -0.136. The summed E-state index contributed by atoms with van der Waals surface area (Å²) >= 11 is 0. The van der Waals surface area contributed by atoms with Gasteiger partial charge in [0.15, 0.2) is 5.76 Å². The molecule has 0 amide bonds. The van der Waals surface area contributed by atoms with Crippen molar-refractivity contribution in [2.24, 2.45) is 0 Å². The largest absolute Gasteiger partial charge is 0.487 e. The zero-order valence-corrected chi connectivity index (χ0v) is 10.4. The lowest BCUT2D eigenvalue weighted by atomic mass is 10.2. The zero-order valence-electron chi connectivity index (χ0n) is 10.4. The second kappa shape index (κ2) is 7.34. The molecule has 1 aromatic carbocycles. The highest BCUT2D eigenvalue weighted by Crippen LogP contribution is 2.12. The quantitative estimate of drug-likeness (QED) is 0.592. The Bertz CT molecular complexity index is 411. The smallest absolute Gasteiger partial charge is 0.374 e. The van der Waals surface area contributed by atoms with Gasteiger partial charge in [0.2, 0.25) is 5.76 Å². The normalized spacial score (nSPS) is 11.7. The molecule has 0 aliphatic carbocycles. The Balaban J connectivity index is 2.77. The lowest BCUT2D eigenvalue weighted by Gasteiger charge is -2.12. The Labute approximate surface area is 106 Å². The van der Waals surface area contributed by atoms with Gasteiger partial charge in [-0.3, -0.25) is 0 Å². The number of ether oxygens (including phenoxy) is 3. The molecule has 5 heteroatoms. The molecule has 0 bridgehead atoms. The predicted octanol–water partition coefficient (Wildman–Crippen LogP) is 1.79. The van der Waals surface area contributed by atoms with Crippen molar-refractivity contribution in [3.63, 3.8) is 0 Å². The van der Waals surface area contributed by atoms with Crippen molar-refractivity contribution in [2.75, 3.05) is 20.8 Å². The molecular weight excluding hydrogens is 236 g/mol. The monoisotopic (exact) mass is 252 g/mol. The number of rotatable bonds is 7. The first-order chi connectivity index (χ1) is 8.69. The van der Waals surface area contributed by atoms with Crippen molar-refractivity contribution in [3.8, 4) is 0 Å². The van der Waals surface area contributed by atoms with E-state index >= 15 is 0 Å². The Morgan fingerprint density at radius 2 is 1.89 bits per heavy atom. The van der Waals surface area contributed by atoms with Crippen LogP contribution in [-0.2, 0) is 25.6 Å². The molecule has 0 heterocycles. The molecule has 5 nitrogen and oxygen atoms in total. The number of carboxylic acid groups (broad SMARTS) is 1. The molecule has 98 valence electrons. The summed E-state index contributed by atoms with van der Waals surface area (Å²) in [6.07, 6.45) is 0. The minimum atomic E-state index is -1.18. The van der Waals surface area contributed by atoms with Gasteiger partial charge in [0.25, 0.3) is 0 Å². The van der Waals surface area contributed by atoms with E-state index in [1.54, 1.807) is 0 Å². The summed E-state index contributed by atoms with van der Waals surface area (Å²) in [4.78, 5) is 10.9. The van der Waals surface area contributed by atoms with Crippen LogP contribution in [0.5, 0.6) is 0 Å². The van der Waals surface area contributed by atoms with Crippen molar-refractivity contribution >= 4 is 5.97 Å². The Morgan fingerprint density at radius 1 is 1.22 bits per heavy atom. The highest BCUT2D eigenvalue weighted by Gasteiger charge is 2.16. The Kier molecular flexibility index (Phi) is 5.73. The molecule has 0 spiro atoms. The first kappa shape index (κ1) is 14.1. The van der Waals surface area contributed by atoms with Gasteiger partial charge < -0.3 is 19.3 Å². The van der Waals surface area contributed by atoms with Crippen LogP contribution in [0.2, 0.25) is 0 Å². The average Bonchev–Trinajstić information content (AvgIpc) is 2.37. The summed E-state index contributed by atoms with van der Waals surface area (Å²) in [5.74, 6) is -1.26. The zero-order chi connectivity index (χ0) is 13.4. The second-order valence-corrected chi connectivity index (χ2v) is 3.47. The van der Waals surface area contributed by atoms with Crippen molar-refractivity contribution in [1.82, 2.24) is 0 Å². The van der Waals surface area contributed by atoms with Crippen LogP contribution in [0, 0.1) is 0 Å². The van der Waals surface area contributed by atoms with Gasteiger partial charge >= 0.3 is 5.97 Å². The lowest BCUT2D eigenvalue weighted by Crippen LogP contribution is -2.12. The third-order valence-corrected chi connectivity index (χ3v) is 2.18. The van der Waals surface area contributed by atoms with Gasteiger partial charge in [0.1, 0.15) is 13.2 Å². The molecule has 0 aromatic heterocycles. The van der Waals surface area contributed by atoms with Gasteiger partial charge in [-0.1, -0.05) is 30.3 Å². The molecule has 0 saturated heterocycles. The van der Waals surface area contributed by atoms with Gasteiger partial charge in [-0.05, 0) is 5.56 Å². The molecule has 0 radical (unpaired) electrons. The fourth-order valence-corrected chi connectivity index (χ4v) is 1.37. The topological polar surface area (TPSA) is 65.0 Å². The number of carboxylic acids is 1. The highest BCUT2D eigenvalue weighted by molar-refractivity contribution is 5.84. The van der Waals surface area contributed by atoms with Crippen LogP contribution in [0.15, 0.2) is 41.9 Å². The molecule has 0 fully saturated rings. The summed E-state index contributed by atoms with van der Waals surface area (Å²) in [6.45, 7) is 0.308. The van der Waals surface area contributed by atoms with Crippen LogP contribution in [0.3, 0.4) is 0 Å². The van der Waals surface area contributed by atoms with E-state index in [9.17, 15) is 4.79 Å². The van der Waals surface area contributed by atoms with Crippen molar-refractivity contribution in [2.45, 2.75) is 6.61 Å². The third-order valence-electron chi connectivity index (χ3n) is 2.18. The number of carbonyl (C=O) groups is 1. The molecule has 0 aliphatic heterocycles. The van der Waals surface area contributed by atoms with Gasteiger partial charge in [-0.2, -0.15) is 0 Å². The maximum Gasteiger partial charge on any atom is 0.374 e. The van der Waals surface area contributed by atoms with E-state index in [4.69, 9.17) is 19.3 Å². The van der Waals surface area contributed by atoms with E-state index in [1.165, 1.54) is 14.2 Å². The van der Waals surface area contributed by atoms with Crippen molar-refractivity contribution < 1.29 is 24.1 Å². The molecule has 0 aliphatic rings. The number of benzene rings is 1. The van der Waals surface area contributed by atoms with E-state index in [-0.39, 0.29) is 24.7 Å². The molecule has 0 atom stereocenters. The summed E-state index contributed by atoms with van der Waals surface area (Å²) < 4.78 is 15.1. The van der Waals surface area contributed by atoms with Crippen LogP contribution < -0.4 is 0 Å². The predicted molar refractivity (Wildman–Crippen MR) is 64.8 cm³/mol. The van der Waals surface area contributed by atoms with Crippen molar-refractivity contribution in [3.05, 3.63) is 47.4 Å². The molecule has 18 heavy (non-hydrogen) atoms. The summed E-state index contributed by atoms with van der Waals surface area (Å²) in [5, 5.41) is 8.95. The SMILES string of the molecule is COC/C(OCc1ccccc1)=C(\OC)C(=O)O. The van der Waals surface area contributed by atoms with E-state index in [1.807, 2.05) is 30.3 Å². The average molecular weight is 252 g/mol. The second-order valence-electron chi connectivity index (χ2n) is 3.47. The fraction of sp³-hybridized carbons (Fsp3) is 0.308.